The zero-order chi connectivity index (χ0) is 13.9. The highest BCUT2D eigenvalue weighted by molar-refractivity contribution is 7.10. The number of carbonyl (C=O) groups is 1. The molecule has 5 heteroatoms. The van der Waals surface area contributed by atoms with Crippen LogP contribution < -0.4 is 5.32 Å². The minimum Gasteiger partial charge on any atom is -0.478 e. The number of hydrogen-bond acceptors (Lipinski definition) is 4. The standard InChI is InChI=1S/C14H17NO3S/c1-14(2,12-4-3-7-19-12)9-15-8-11-10(13(16)17)5-6-18-11/h3-7,15H,8-9H2,1-2H3,(H,16,17). The third kappa shape index (κ3) is 3.24. The highest BCUT2D eigenvalue weighted by Gasteiger charge is 2.22. The molecule has 0 radical (unpaired) electrons. The van der Waals surface area contributed by atoms with Crippen LogP contribution in [-0.2, 0) is 12.0 Å². The smallest absolute Gasteiger partial charge is 0.339 e. The zero-order valence-corrected chi connectivity index (χ0v) is 11.8. The topological polar surface area (TPSA) is 62.5 Å². The van der Waals surface area contributed by atoms with E-state index in [0.717, 1.165) is 6.54 Å². The number of carboxylic acid groups (broad SMARTS) is 1. The summed E-state index contributed by atoms with van der Waals surface area (Å²) in [6.07, 6.45) is 1.41. The van der Waals surface area contributed by atoms with E-state index < -0.39 is 5.97 Å². The highest BCUT2D eigenvalue weighted by Crippen LogP contribution is 2.26. The maximum atomic E-state index is 10.9. The van der Waals surface area contributed by atoms with Crippen LogP contribution in [-0.4, -0.2) is 17.6 Å². The van der Waals surface area contributed by atoms with Crippen LogP contribution in [0.25, 0.3) is 0 Å². The largest absolute Gasteiger partial charge is 0.478 e. The van der Waals surface area contributed by atoms with Gasteiger partial charge in [0.25, 0.3) is 0 Å². The van der Waals surface area contributed by atoms with Gasteiger partial charge in [-0.3, -0.25) is 0 Å². The molecule has 4 nitrogen and oxygen atoms in total. The Morgan fingerprint density at radius 1 is 1.47 bits per heavy atom. The van der Waals surface area contributed by atoms with Crippen LogP contribution in [0.15, 0.2) is 34.3 Å². The van der Waals surface area contributed by atoms with Crippen LogP contribution >= 0.6 is 11.3 Å². The fourth-order valence-electron chi connectivity index (χ4n) is 1.91. The molecule has 0 aliphatic carbocycles. The van der Waals surface area contributed by atoms with Crippen molar-refractivity contribution >= 4 is 17.3 Å². The molecular formula is C14H17NO3S. The minimum absolute atomic E-state index is 0.0180. The molecule has 2 N–H and O–H groups in total. The lowest BCUT2D eigenvalue weighted by atomic mass is 9.91. The number of furan rings is 1. The van der Waals surface area contributed by atoms with Crippen molar-refractivity contribution in [1.29, 1.82) is 0 Å². The first-order valence-corrected chi connectivity index (χ1v) is 6.93. The Labute approximate surface area is 116 Å². The van der Waals surface area contributed by atoms with Gasteiger partial charge in [0.1, 0.15) is 11.3 Å². The van der Waals surface area contributed by atoms with E-state index in [1.54, 1.807) is 11.3 Å². The fourth-order valence-corrected chi connectivity index (χ4v) is 2.76. The molecule has 0 atom stereocenters. The third-order valence-electron chi connectivity index (χ3n) is 3.02. The minimum atomic E-state index is -0.955. The van der Waals surface area contributed by atoms with Gasteiger partial charge in [-0.25, -0.2) is 4.79 Å². The van der Waals surface area contributed by atoms with Crippen molar-refractivity contribution in [1.82, 2.24) is 5.32 Å². The van der Waals surface area contributed by atoms with Gasteiger partial charge in [0.15, 0.2) is 0 Å². The number of aromatic carboxylic acids is 1. The number of rotatable bonds is 6. The summed E-state index contributed by atoms with van der Waals surface area (Å²) in [5.74, 6) is -0.488. The molecule has 0 bridgehead atoms. The molecule has 2 rings (SSSR count). The van der Waals surface area contributed by atoms with Gasteiger partial charge in [0.2, 0.25) is 0 Å². The van der Waals surface area contributed by atoms with Crippen molar-refractivity contribution in [3.8, 4) is 0 Å². The van der Waals surface area contributed by atoms with E-state index >= 15 is 0 Å². The number of hydrogen-bond donors (Lipinski definition) is 2. The van der Waals surface area contributed by atoms with E-state index in [9.17, 15) is 4.79 Å². The Bertz CT molecular complexity index is 543. The first kappa shape index (κ1) is 13.8. The van der Waals surface area contributed by atoms with Gasteiger partial charge in [0.05, 0.1) is 12.8 Å². The molecule has 0 saturated heterocycles. The van der Waals surface area contributed by atoms with Crippen LogP contribution in [0.2, 0.25) is 0 Å². The normalized spacial score (nSPS) is 11.7. The third-order valence-corrected chi connectivity index (χ3v) is 4.25. The van der Waals surface area contributed by atoms with E-state index in [1.807, 2.05) is 6.07 Å². The predicted octanol–water partition coefficient (Wildman–Crippen LogP) is 3.11. The lowest BCUT2D eigenvalue weighted by molar-refractivity contribution is 0.0694. The summed E-state index contributed by atoms with van der Waals surface area (Å²) < 4.78 is 5.19. The maximum Gasteiger partial charge on any atom is 0.339 e. The zero-order valence-electron chi connectivity index (χ0n) is 11.0. The molecule has 2 aromatic rings. The first-order valence-electron chi connectivity index (χ1n) is 6.05. The van der Waals surface area contributed by atoms with Crippen LogP contribution in [0.3, 0.4) is 0 Å². The molecule has 0 spiro atoms. The molecule has 2 aromatic heterocycles. The van der Waals surface area contributed by atoms with Crippen molar-refractivity contribution in [3.05, 3.63) is 46.0 Å². The quantitative estimate of drug-likeness (QED) is 0.853. The van der Waals surface area contributed by atoms with Crippen LogP contribution in [0.4, 0.5) is 0 Å². The molecular weight excluding hydrogens is 262 g/mol. The van der Waals surface area contributed by atoms with Gasteiger partial charge in [0, 0.05) is 16.8 Å². The fraction of sp³-hybridized carbons (Fsp3) is 0.357. The van der Waals surface area contributed by atoms with Crippen molar-refractivity contribution in [2.75, 3.05) is 6.54 Å². The molecule has 0 amide bonds. The lowest BCUT2D eigenvalue weighted by Gasteiger charge is -2.23. The Morgan fingerprint density at radius 3 is 2.89 bits per heavy atom. The molecule has 0 fully saturated rings. The van der Waals surface area contributed by atoms with Crippen molar-refractivity contribution in [2.45, 2.75) is 25.8 Å². The molecule has 2 heterocycles. The molecule has 0 aromatic carbocycles. The summed E-state index contributed by atoms with van der Waals surface area (Å²) in [4.78, 5) is 12.2. The average Bonchev–Trinajstić information content (AvgIpc) is 2.99. The monoisotopic (exact) mass is 279 g/mol. The maximum absolute atomic E-state index is 10.9. The van der Waals surface area contributed by atoms with E-state index in [0.29, 0.717) is 12.3 Å². The Kier molecular flexibility index (Phi) is 4.07. The average molecular weight is 279 g/mol. The van der Waals surface area contributed by atoms with Gasteiger partial charge < -0.3 is 14.8 Å². The van der Waals surface area contributed by atoms with Crippen LogP contribution in [0.1, 0.15) is 34.8 Å². The molecule has 102 valence electrons. The molecule has 0 aliphatic rings. The van der Waals surface area contributed by atoms with Gasteiger partial charge >= 0.3 is 5.97 Å². The molecule has 0 unspecified atom stereocenters. The number of nitrogens with one attached hydrogen (secondary N) is 1. The van der Waals surface area contributed by atoms with Crippen LogP contribution in [0.5, 0.6) is 0 Å². The summed E-state index contributed by atoms with van der Waals surface area (Å²) in [6, 6.07) is 5.63. The Hall–Kier alpha value is -1.59. The van der Waals surface area contributed by atoms with Crippen molar-refractivity contribution in [2.24, 2.45) is 0 Å². The Morgan fingerprint density at radius 2 is 2.26 bits per heavy atom. The summed E-state index contributed by atoms with van der Waals surface area (Å²) in [6.45, 7) is 5.49. The molecule has 0 aliphatic heterocycles. The summed E-state index contributed by atoms with van der Waals surface area (Å²) in [7, 11) is 0. The van der Waals surface area contributed by atoms with Gasteiger partial charge in [-0.05, 0) is 17.5 Å². The van der Waals surface area contributed by atoms with Crippen LogP contribution in [0, 0.1) is 0 Å². The van der Waals surface area contributed by atoms with E-state index in [1.165, 1.54) is 17.2 Å². The van der Waals surface area contributed by atoms with E-state index in [4.69, 9.17) is 9.52 Å². The van der Waals surface area contributed by atoms with E-state index in [2.05, 4.69) is 30.6 Å². The summed E-state index contributed by atoms with van der Waals surface area (Å²) >= 11 is 1.73. The first-order chi connectivity index (χ1) is 9.00. The SMILES string of the molecule is CC(C)(CNCc1occc1C(=O)O)c1cccs1. The second-order valence-corrected chi connectivity index (χ2v) is 5.98. The van der Waals surface area contributed by atoms with Gasteiger partial charge in [-0.15, -0.1) is 11.3 Å². The second-order valence-electron chi connectivity index (χ2n) is 5.03. The van der Waals surface area contributed by atoms with Gasteiger partial charge in [-0.1, -0.05) is 19.9 Å². The summed E-state index contributed by atoms with van der Waals surface area (Å²) in [5, 5.41) is 14.3. The highest BCUT2D eigenvalue weighted by atomic mass is 32.1. The molecule has 0 saturated carbocycles. The second kappa shape index (κ2) is 5.59. The lowest BCUT2D eigenvalue weighted by Crippen LogP contribution is -2.32. The number of thiophene rings is 1. The predicted molar refractivity (Wildman–Crippen MR) is 74.7 cm³/mol. The van der Waals surface area contributed by atoms with Crippen molar-refractivity contribution < 1.29 is 14.3 Å². The summed E-state index contributed by atoms with van der Waals surface area (Å²) in [5.41, 5.74) is 0.242. The molecule has 19 heavy (non-hydrogen) atoms. The van der Waals surface area contributed by atoms with Gasteiger partial charge in [-0.2, -0.15) is 0 Å². The van der Waals surface area contributed by atoms with E-state index in [-0.39, 0.29) is 11.0 Å². The number of carboxylic acids is 1. The Balaban J connectivity index is 1.93. The van der Waals surface area contributed by atoms with Crippen molar-refractivity contribution in [3.63, 3.8) is 0 Å².